The number of hydrogen-bond donors (Lipinski definition) is 2. The molecule has 1 atom stereocenters. The van der Waals surface area contributed by atoms with E-state index in [0.29, 0.717) is 5.92 Å². The number of hydrogen-bond acceptors (Lipinski definition) is 3. The Labute approximate surface area is 165 Å². The Hall–Kier alpha value is -2.62. The zero-order chi connectivity index (χ0) is 20.9. The molecule has 7 heteroatoms. The highest BCUT2D eigenvalue weighted by Gasteiger charge is 2.22. The van der Waals surface area contributed by atoms with Crippen molar-refractivity contribution in [1.29, 1.82) is 0 Å². The van der Waals surface area contributed by atoms with Gasteiger partial charge in [0.15, 0.2) is 0 Å². The number of halogens is 2. The van der Waals surface area contributed by atoms with Gasteiger partial charge in [0, 0.05) is 12.5 Å². The van der Waals surface area contributed by atoms with Gasteiger partial charge in [-0.3, -0.25) is 4.79 Å². The maximum Gasteiger partial charge on any atom is 0.407 e. The molecule has 1 aromatic rings. The summed E-state index contributed by atoms with van der Waals surface area (Å²) in [6.07, 6.45) is 8.10. The lowest BCUT2D eigenvalue weighted by molar-refractivity contribution is -0.122. The summed E-state index contributed by atoms with van der Waals surface area (Å²) in [5, 5.41) is 4.88. The molecule has 0 aliphatic rings. The van der Waals surface area contributed by atoms with Crippen molar-refractivity contribution in [3.8, 4) is 12.3 Å². The first kappa shape index (κ1) is 23.4. The van der Waals surface area contributed by atoms with E-state index in [0.717, 1.165) is 43.9 Å². The molecule has 0 heterocycles. The summed E-state index contributed by atoms with van der Waals surface area (Å²) >= 11 is 0. The summed E-state index contributed by atoms with van der Waals surface area (Å²) in [5.74, 6) is 0.809. The number of unbranched alkanes of at least 4 members (excludes halogenated alkanes) is 2. The van der Waals surface area contributed by atoms with E-state index >= 15 is 0 Å². The molecule has 2 N–H and O–H groups in total. The number of nitrogens with one attached hydrogen (secondary N) is 2. The molecular weight excluding hydrogens is 366 g/mol. The van der Waals surface area contributed by atoms with Gasteiger partial charge in [0.05, 0.1) is 13.2 Å². The summed E-state index contributed by atoms with van der Waals surface area (Å²) in [5.41, 5.74) is 0.229. The fourth-order valence-corrected chi connectivity index (χ4v) is 2.62. The SMILES string of the molecule is C#CCNC(=O)[C@H](Cc1cc(F)cc(F)c1)NC(=O)OCCCCCC(C)C. The van der Waals surface area contributed by atoms with Gasteiger partial charge in [-0.25, -0.2) is 13.6 Å². The second kappa shape index (κ2) is 12.7. The highest BCUT2D eigenvalue weighted by Crippen LogP contribution is 2.11. The van der Waals surface area contributed by atoms with Crippen LogP contribution in [0.1, 0.15) is 45.1 Å². The lowest BCUT2D eigenvalue weighted by Gasteiger charge is -2.18. The average Bonchev–Trinajstić information content (AvgIpc) is 2.61. The second-order valence-electron chi connectivity index (χ2n) is 6.98. The maximum atomic E-state index is 13.4. The van der Waals surface area contributed by atoms with Crippen molar-refractivity contribution < 1.29 is 23.1 Å². The maximum absolute atomic E-state index is 13.4. The Morgan fingerprint density at radius 3 is 2.43 bits per heavy atom. The number of terminal acetylenes is 1. The van der Waals surface area contributed by atoms with Crippen LogP contribution in [0.4, 0.5) is 13.6 Å². The Morgan fingerprint density at radius 1 is 1.14 bits per heavy atom. The third-order valence-corrected chi connectivity index (χ3v) is 3.99. The van der Waals surface area contributed by atoms with Gasteiger partial charge in [-0.2, -0.15) is 0 Å². The first-order valence-electron chi connectivity index (χ1n) is 9.41. The van der Waals surface area contributed by atoms with E-state index < -0.39 is 29.7 Å². The fourth-order valence-electron chi connectivity index (χ4n) is 2.62. The predicted octanol–water partition coefficient (Wildman–Crippen LogP) is 3.57. The Bertz CT molecular complexity index is 666. The topological polar surface area (TPSA) is 67.4 Å². The monoisotopic (exact) mass is 394 g/mol. The van der Waals surface area contributed by atoms with Crippen molar-refractivity contribution in [2.75, 3.05) is 13.2 Å². The van der Waals surface area contributed by atoms with Crippen LogP contribution in [0.15, 0.2) is 18.2 Å². The quantitative estimate of drug-likeness (QED) is 0.445. The molecule has 0 aliphatic heterocycles. The van der Waals surface area contributed by atoms with E-state index in [1.54, 1.807) is 0 Å². The predicted molar refractivity (Wildman–Crippen MR) is 103 cm³/mol. The Balaban J connectivity index is 2.58. The molecule has 154 valence electrons. The summed E-state index contributed by atoms with van der Waals surface area (Å²) in [7, 11) is 0. The lowest BCUT2D eigenvalue weighted by atomic mass is 10.0. The standard InChI is InChI=1S/C21H28F2N2O3/c1-4-9-24-20(26)19(13-16-11-17(22)14-18(23)12-16)25-21(27)28-10-7-5-6-8-15(2)3/h1,11-12,14-15,19H,5-10,13H2,2-3H3,(H,24,26)(H,25,27)/t19-/m0/s1. The molecule has 28 heavy (non-hydrogen) atoms. The van der Waals surface area contributed by atoms with E-state index in [4.69, 9.17) is 11.2 Å². The Kier molecular flexibility index (Phi) is 10.6. The van der Waals surface area contributed by atoms with Crippen LogP contribution >= 0.6 is 0 Å². The van der Waals surface area contributed by atoms with Crippen LogP contribution in [0, 0.1) is 29.9 Å². The normalized spacial score (nSPS) is 11.6. The zero-order valence-corrected chi connectivity index (χ0v) is 16.4. The van der Waals surface area contributed by atoms with Gasteiger partial charge in [-0.1, -0.05) is 39.0 Å². The molecule has 0 saturated heterocycles. The van der Waals surface area contributed by atoms with Crippen LogP contribution in [0.5, 0.6) is 0 Å². The van der Waals surface area contributed by atoms with Crippen molar-refractivity contribution in [2.24, 2.45) is 5.92 Å². The molecule has 2 amide bonds. The average molecular weight is 394 g/mol. The number of alkyl carbamates (subject to hydrolysis) is 1. The fraction of sp³-hybridized carbons (Fsp3) is 0.524. The van der Waals surface area contributed by atoms with Crippen LogP contribution in [0.2, 0.25) is 0 Å². The second-order valence-corrected chi connectivity index (χ2v) is 6.98. The lowest BCUT2D eigenvalue weighted by Crippen LogP contribution is -2.48. The van der Waals surface area contributed by atoms with E-state index in [1.165, 1.54) is 0 Å². The molecule has 1 rings (SSSR count). The van der Waals surface area contributed by atoms with Gasteiger partial charge in [0.2, 0.25) is 5.91 Å². The zero-order valence-electron chi connectivity index (χ0n) is 16.4. The summed E-state index contributed by atoms with van der Waals surface area (Å²) in [6.45, 7) is 4.51. The summed E-state index contributed by atoms with van der Waals surface area (Å²) in [4.78, 5) is 24.2. The number of benzene rings is 1. The molecule has 0 saturated carbocycles. The van der Waals surface area contributed by atoms with Gasteiger partial charge in [0.1, 0.15) is 17.7 Å². The van der Waals surface area contributed by atoms with Crippen LogP contribution in [-0.4, -0.2) is 31.2 Å². The number of carbonyl (C=O) groups is 2. The molecule has 0 radical (unpaired) electrons. The van der Waals surface area contributed by atoms with Crippen LogP contribution in [0.25, 0.3) is 0 Å². The minimum atomic E-state index is -1.07. The molecule has 0 bridgehead atoms. The molecule has 0 fully saturated rings. The van der Waals surface area contributed by atoms with E-state index in [2.05, 4.69) is 30.4 Å². The molecule has 0 spiro atoms. The van der Waals surface area contributed by atoms with Gasteiger partial charge in [-0.15, -0.1) is 6.42 Å². The van der Waals surface area contributed by atoms with Gasteiger partial charge >= 0.3 is 6.09 Å². The van der Waals surface area contributed by atoms with Crippen molar-refractivity contribution in [1.82, 2.24) is 10.6 Å². The summed E-state index contributed by atoms with van der Waals surface area (Å²) < 4.78 is 31.9. The molecule has 1 aromatic carbocycles. The van der Waals surface area contributed by atoms with Crippen molar-refractivity contribution in [3.63, 3.8) is 0 Å². The third kappa shape index (κ3) is 9.91. The largest absolute Gasteiger partial charge is 0.450 e. The first-order valence-corrected chi connectivity index (χ1v) is 9.41. The molecule has 5 nitrogen and oxygen atoms in total. The van der Waals surface area contributed by atoms with E-state index in [9.17, 15) is 18.4 Å². The van der Waals surface area contributed by atoms with Gasteiger partial charge in [-0.05, 0) is 30.0 Å². The smallest absolute Gasteiger partial charge is 0.407 e. The highest BCUT2D eigenvalue weighted by atomic mass is 19.1. The molecule has 0 unspecified atom stereocenters. The number of rotatable bonds is 11. The minimum Gasteiger partial charge on any atom is -0.450 e. The van der Waals surface area contributed by atoms with E-state index in [1.807, 2.05) is 0 Å². The third-order valence-electron chi connectivity index (χ3n) is 3.99. The summed E-state index contributed by atoms with van der Waals surface area (Å²) in [6, 6.07) is 1.87. The van der Waals surface area contributed by atoms with Crippen molar-refractivity contribution in [2.45, 2.75) is 52.0 Å². The highest BCUT2D eigenvalue weighted by molar-refractivity contribution is 5.86. The molecule has 0 aromatic heterocycles. The van der Waals surface area contributed by atoms with Crippen LogP contribution in [0.3, 0.4) is 0 Å². The van der Waals surface area contributed by atoms with E-state index in [-0.39, 0.29) is 25.1 Å². The van der Waals surface area contributed by atoms with Gasteiger partial charge in [0.25, 0.3) is 0 Å². The number of carbonyl (C=O) groups excluding carboxylic acids is 2. The van der Waals surface area contributed by atoms with Crippen molar-refractivity contribution >= 4 is 12.0 Å². The van der Waals surface area contributed by atoms with Crippen molar-refractivity contribution in [3.05, 3.63) is 35.4 Å². The molecular formula is C21H28F2N2O3. The van der Waals surface area contributed by atoms with Gasteiger partial charge < -0.3 is 15.4 Å². The molecule has 0 aliphatic carbocycles. The Morgan fingerprint density at radius 2 is 1.82 bits per heavy atom. The number of ether oxygens (including phenoxy) is 1. The minimum absolute atomic E-state index is 0.0283. The van der Waals surface area contributed by atoms with Crippen LogP contribution in [-0.2, 0) is 16.0 Å². The first-order chi connectivity index (χ1) is 13.3. The number of amides is 2. The van der Waals surface area contributed by atoms with Crippen LogP contribution < -0.4 is 10.6 Å².